The molecule has 2 N–H and O–H groups in total. The Kier molecular flexibility index (Phi) is 43.7. The average Bonchev–Trinajstić information content (AvgIpc) is 3.96. The van der Waals surface area contributed by atoms with Crippen molar-refractivity contribution in [3.05, 3.63) is 106 Å². The van der Waals surface area contributed by atoms with Gasteiger partial charge in [0.2, 0.25) is 0 Å². The van der Waals surface area contributed by atoms with Gasteiger partial charge in [0.1, 0.15) is 30.0 Å². The molecule has 1 aromatic carbocycles. The van der Waals surface area contributed by atoms with E-state index >= 15 is 0 Å². The first kappa shape index (κ1) is 80.2. The average molecular weight is 1160 g/mol. The van der Waals surface area contributed by atoms with Crippen LogP contribution in [0.25, 0.3) is 12.2 Å². The minimum Gasteiger partial charge on any atom is -1.00 e. The minimum absolute atomic E-state index is 0. The van der Waals surface area contributed by atoms with Gasteiger partial charge in [-0.25, -0.2) is 14.8 Å². The number of hydrogen-bond donors (Lipinski definition) is 2. The molecule has 0 spiro atoms. The molecule has 0 bridgehead atoms. The fourth-order valence-electron chi connectivity index (χ4n) is 6.84. The first-order valence-corrected chi connectivity index (χ1v) is 32.2. The molecule has 2 aromatic heterocycles. The molecule has 3 rings (SSSR count). The van der Waals surface area contributed by atoms with E-state index in [1.807, 2.05) is 63.3 Å². The maximum Gasteiger partial charge on any atom is 1.00 e. The molecule has 0 aliphatic heterocycles. The van der Waals surface area contributed by atoms with E-state index in [1.54, 1.807) is 19.5 Å². The smallest absolute Gasteiger partial charge is 1.00 e. The van der Waals surface area contributed by atoms with Gasteiger partial charge in [-0.2, -0.15) is 0 Å². The molecule has 0 aliphatic rings. The Morgan fingerprint density at radius 2 is 1.14 bits per heavy atom. The second-order valence-electron chi connectivity index (χ2n) is 22.7. The summed E-state index contributed by atoms with van der Waals surface area (Å²) in [6, 6.07) is 9.42. The van der Waals surface area contributed by atoms with Crippen molar-refractivity contribution in [2.24, 2.45) is 11.8 Å². The van der Waals surface area contributed by atoms with Gasteiger partial charge in [-0.15, -0.1) is 0 Å². The SMILES string of the molecule is C/C(=C/C[C@H](O)/C(C)=C/c1coc(C)n1)CCC[C@H](C)CO[Si](C)(C)C(C)(C)C.CO.CO[C@@H](C(=O)O[C@@H](C/C=C(/C)CCC[C@H](C)CO[Si](C)(C)C(C)(C)C)/C(C)=C/c1coc(C)n1)c1ccccc1.O=CO[O-].[H-].[K+].[K+]. The zero-order valence-electron chi connectivity index (χ0n) is 52.8. The Labute approximate surface area is 554 Å². The standard InChI is InChI=1S/C33H51NO5Si.C24H43NO3Si.CH2O3.CH4O.2K.H/c1-24(15-14-16-25(2)22-38-40(9,10)33(5,6)7)19-20-30(26(3)21-29-23-37-27(4)34-29)39-32(35)31(36-8)28-17-12-11-13-18-28;1-18(11-10-12-19(2)16-28-29(8,9)24(5,6)7)13-14-23(26)20(3)15-22-17-27-21(4)25-22;2-1-4-3;1-2;;;/h11-13,17-19,21,23,25,30-31H,14-16,20,22H2,1-10H3;13,15,17,19,23,26H,10-12,14,16H2,1-9H3;1,3H;2H,1H3;;;/q;;;;2*+1;-1/p-1/b24-19-,26-21+;18-13-,20-15+;;;;;/t25-,30-,31+;19-,23-;;;;;/m00...../s1. The van der Waals surface area contributed by atoms with Gasteiger partial charge in [0.05, 0.1) is 6.10 Å². The molecule has 5 atom stereocenters. The minimum atomic E-state index is -1.72. The normalized spacial score (nSPS) is 14.5. The van der Waals surface area contributed by atoms with E-state index in [9.17, 15) is 9.90 Å². The number of benzene rings is 1. The molecule has 14 nitrogen and oxygen atoms in total. The van der Waals surface area contributed by atoms with Crippen molar-refractivity contribution in [1.29, 1.82) is 0 Å². The monoisotopic (exact) mass is 1160 g/mol. The summed E-state index contributed by atoms with van der Waals surface area (Å²) in [5.41, 5.74) is 6.65. The largest absolute Gasteiger partial charge is 1.00 e. The number of hydrogen-bond acceptors (Lipinski definition) is 14. The summed E-state index contributed by atoms with van der Waals surface area (Å²) in [4.78, 5) is 33.1. The van der Waals surface area contributed by atoms with Gasteiger partial charge >= 0.3 is 109 Å². The third-order valence-corrected chi connectivity index (χ3v) is 22.9. The van der Waals surface area contributed by atoms with Gasteiger partial charge in [-0.05, 0) is 150 Å². The molecule has 18 heteroatoms. The Bertz CT molecular complexity index is 2180. The summed E-state index contributed by atoms with van der Waals surface area (Å²) >= 11 is 0. The molecule has 77 heavy (non-hydrogen) atoms. The summed E-state index contributed by atoms with van der Waals surface area (Å²) in [5, 5.41) is 26.3. The van der Waals surface area contributed by atoms with Crippen LogP contribution in [-0.4, -0.2) is 88.9 Å². The van der Waals surface area contributed by atoms with Crippen LogP contribution in [-0.2, 0) is 32.8 Å². The van der Waals surface area contributed by atoms with Crippen molar-refractivity contribution in [2.45, 2.75) is 203 Å². The van der Waals surface area contributed by atoms with Crippen molar-refractivity contribution in [3.8, 4) is 0 Å². The van der Waals surface area contributed by atoms with Crippen LogP contribution in [0.4, 0.5) is 0 Å². The van der Waals surface area contributed by atoms with Crippen LogP contribution in [0.2, 0.25) is 36.3 Å². The molecule has 0 saturated heterocycles. The van der Waals surface area contributed by atoms with Gasteiger partial charge in [-0.1, -0.05) is 109 Å². The third kappa shape index (κ3) is 34.3. The second kappa shape index (κ2) is 41.9. The van der Waals surface area contributed by atoms with Crippen LogP contribution < -0.4 is 108 Å². The predicted molar refractivity (Wildman–Crippen MR) is 307 cm³/mol. The molecular formula is C59H100K2N2O12Si2. The summed E-state index contributed by atoms with van der Waals surface area (Å²) in [6.07, 6.45) is 17.5. The van der Waals surface area contributed by atoms with Crippen molar-refractivity contribution < 1.29 is 161 Å². The van der Waals surface area contributed by atoms with Crippen LogP contribution in [0.15, 0.2) is 86.1 Å². The van der Waals surface area contributed by atoms with E-state index in [1.165, 1.54) is 24.7 Å². The van der Waals surface area contributed by atoms with Crippen LogP contribution >= 0.6 is 0 Å². The fraction of sp³-hybridized carbons (Fsp3) is 0.627. The summed E-state index contributed by atoms with van der Waals surface area (Å²) < 4.78 is 34.9. The van der Waals surface area contributed by atoms with Crippen LogP contribution in [0.5, 0.6) is 0 Å². The van der Waals surface area contributed by atoms with Crippen molar-refractivity contribution in [3.63, 3.8) is 0 Å². The predicted octanol–water partition coefficient (Wildman–Crippen LogP) is 7.93. The molecule has 428 valence electrons. The van der Waals surface area contributed by atoms with E-state index < -0.39 is 40.9 Å². The van der Waals surface area contributed by atoms with E-state index in [0.29, 0.717) is 42.2 Å². The maximum absolute atomic E-state index is 13.2. The Morgan fingerprint density at radius 3 is 1.51 bits per heavy atom. The molecule has 0 fully saturated rings. The zero-order valence-corrected chi connectivity index (χ0v) is 60.0. The molecule has 0 saturated carbocycles. The van der Waals surface area contributed by atoms with Crippen LogP contribution in [0.3, 0.4) is 0 Å². The summed E-state index contributed by atoms with van der Waals surface area (Å²) in [7, 11) is -0.837. The van der Waals surface area contributed by atoms with E-state index in [0.717, 1.165) is 74.8 Å². The Hall–Kier alpha value is -0.994. The molecule has 3 aromatic rings. The molecule has 2 heterocycles. The summed E-state index contributed by atoms with van der Waals surface area (Å²) in [6.45, 7) is 40.9. The van der Waals surface area contributed by atoms with E-state index in [4.69, 9.17) is 42.3 Å². The van der Waals surface area contributed by atoms with Crippen LogP contribution in [0, 0.1) is 25.7 Å². The van der Waals surface area contributed by atoms with Crippen molar-refractivity contribution in [2.75, 3.05) is 27.4 Å². The maximum atomic E-state index is 13.2. The van der Waals surface area contributed by atoms with Crippen molar-refractivity contribution >= 4 is 41.2 Å². The number of aliphatic hydroxyl groups excluding tert-OH is 2. The first-order valence-electron chi connectivity index (χ1n) is 26.4. The second-order valence-corrected chi connectivity index (χ2v) is 32.3. The number of aliphatic hydroxyl groups is 2. The number of allylic oxidation sites excluding steroid dienone is 2. The molecular weight excluding hydrogens is 1060 g/mol. The quantitative estimate of drug-likeness (QED) is 0.0187. The molecule has 0 unspecified atom stereocenters. The molecule has 0 amide bonds. The number of carbonyl (C=O) groups is 2. The number of ether oxygens (including phenoxy) is 2. The van der Waals surface area contributed by atoms with Crippen LogP contribution in [0.1, 0.15) is 171 Å². The van der Waals surface area contributed by atoms with E-state index in [-0.39, 0.29) is 121 Å². The zero-order chi connectivity index (χ0) is 57.6. The Morgan fingerprint density at radius 1 is 0.740 bits per heavy atom. The number of carbonyl (C=O) groups excluding carboxylic acids is 2. The number of esters is 1. The number of nitrogens with zero attached hydrogens (tertiary/aromatic N) is 2. The third-order valence-electron chi connectivity index (χ3n) is 13.9. The fourth-order valence-corrected chi connectivity index (χ4v) is 9.11. The van der Waals surface area contributed by atoms with Gasteiger partial charge in [-0.3, -0.25) is 4.79 Å². The van der Waals surface area contributed by atoms with Crippen molar-refractivity contribution in [1.82, 2.24) is 9.97 Å². The number of methoxy groups -OCH3 is 1. The van der Waals surface area contributed by atoms with Gasteiger partial charge in [0.15, 0.2) is 34.5 Å². The molecule has 0 radical (unpaired) electrons. The van der Waals surface area contributed by atoms with Gasteiger partial charge < -0.3 is 48.9 Å². The number of aromatic nitrogens is 2. The van der Waals surface area contributed by atoms with Gasteiger partial charge in [0.25, 0.3) is 6.47 Å². The number of oxazole rings is 2. The summed E-state index contributed by atoms with van der Waals surface area (Å²) in [5.74, 6) is 1.92. The number of aryl methyl sites for hydroxylation is 2. The number of rotatable bonds is 27. The topological polar surface area (TPSA) is 196 Å². The molecule has 0 aliphatic carbocycles. The van der Waals surface area contributed by atoms with E-state index in [2.05, 4.69) is 122 Å². The van der Waals surface area contributed by atoms with Gasteiger partial charge in [0, 0.05) is 47.7 Å². The Balaban J connectivity index is -0.000000638. The first-order chi connectivity index (χ1) is 35.0.